The van der Waals surface area contributed by atoms with Gasteiger partial charge in [0.15, 0.2) is 11.6 Å². The average molecular weight is 337 g/mol. The molecule has 130 valence electrons. The van der Waals surface area contributed by atoms with E-state index in [1.54, 1.807) is 25.3 Å². The number of aromatic hydroxyl groups is 1. The number of nitrogens with zero attached hydrogens (tertiary/aromatic N) is 2. The summed E-state index contributed by atoms with van der Waals surface area (Å²) in [5, 5.41) is 13.5. The Bertz CT molecular complexity index is 803. The lowest BCUT2D eigenvalue weighted by atomic mass is 9.80. The summed E-state index contributed by atoms with van der Waals surface area (Å²) in [7, 11) is 0. The van der Waals surface area contributed by atoms with Crippen LogP contribution in [0, 0.1) is 11.8 Å². The molecule has 2 aliphatic rings. The predicted molar refractivity (Wildman–Crippen MR) is 97.5 cm³/mol. The summed E-state index contributed by atoms with van der Waals surface area (Å²) in [6.45, 7) is 3.84. The first-order valence-corrected chi connectivity index (χ1v) is 8.87. The Kier molecular flexibility index (Phi) is 3.86. The Labute approximate surface area is 147 Å². The van der Waals surface area contributed by atoms with Crippen LogP contribution in [0.15, 0.2) is 42.6 Å². The molecule has 0 radical (unpaired) electrons. The maximum Gasteiger partial charge on any atom is 0.224 e. The number of nitrogens with one attached hydrogen (secondary N) is 1. The van der Waals surface area contributed by atoms with Gasteiger partial charge in [-0.25, -0.2) is 4.98 Å². The largest absolute Gasteiger partial charge is 0.504 e. The second-order valence-corrected chi connectivity index (χ2v) is 7.13. The zero-order valence-corrected chi connectivity index (χ0v) is 14.5. The molecule has 1 aromatic heterocycles. The molecule has 1 amide bonds. The molecule has 1 fully saturated rings. The molecule has 3 atom stereocenters. The average Bonchev–Trinajstić information content (AvgIpc) is 3.43. The van der Waals surface area contributed by atoms with E-state index in [1.165, 1.54) is 12.8 Å². The number of benzene rings is 1. The summed E-state index contributed by atoms with van der Waals surface area (Å²) >= 11 is 0. The van der Waals surface area contributed by atoms with Gasteiger partial charge >= 0.3 is 0 Å². The minimum atomic E-state index is -0.00167. The van der Waals surface area contributed by atoms with Gasteiger partial charge in [0.1, 0.15) is 0 Å². The monoisotopic (exact) mass is 337 g/mol. The quantitative estimate of drug-likeness (QED) is 0.896. The van der Waals surface area contributed by atoms with Gasteiger partial charge in [0.05, 0.1) is 6.04 Å². The molecule has 5 heteroatoms. The molecule has 0 saturated heterocycles. The number of carbonyl (C=O) groups excluding carboxylic acids is 1. The number of para-hydroxylation sites is 1. The van der Waals surface area contributed by atoms with Crippen LogP contribution in [0.4, 0.5) is 11.5 Å². The van der Waals surface area contributed by atoms with Crippen molar-refractivity contribution in [2.75, 3.05) is 10.2 Å². The molecular weight excluding hydrogens is 314 g/mol. The van der Waals surface area contributed by atoms with Gasteiger partial charge < -0.3 is 15.3 Å². The Hall–Kier alpha value is -2.56. The standard InChI is InChI=1S/C20H23N3O2/c1-12-18(22-20-17(25)8-5-11-21-20)15-6-3-4-7-16(15)23(13(2)24)19(12)14-9-10-14/h3-8,11-12,14,18-19,25H,9-10H2,1-2H3,(H,21,22)/t12-,18-,19-/m1/s1. The summed E-state index contributed by atoms with van der Waals surface area (Å²) in [4.78, 5) is 18.7. The van der Waals surface area contributed by atoms with Gasteiger partial charge in [-0.05, 0) is 42.5 Å². The molecule has 0 spiro atoms. The zero-order valence-electron chi connectivity index (χ0n) is 14.5. The second kappa shape index (κ2) is 6.06. The van der Waals surface area contributed by atoms with Crippen molar-refractivity contribution in [2.45, 2.75) is 38.8 Å². The lowest BCUT2D eigenvalue weighted by Gasteiger charge is -2.45. The predicted octanol–water partition coefficient (Wildman–Crippen LogP) is 3.72. The third-order valence-electron chi connectivity index (χ3n) is 5.42. The molecule has 1 saturated carbocycles. The number of rotatable bonds is 3. The van der Waals surface area contributed by atoms with Crippen molar-refractivity contribution in [3.8, 4) is 5.75 Å². The van der Waals surface area contributed by atoms with Gasteiger partial charge in [-0.1, -0.05) is 25.1 Å². The number of aromatic nitrogens is 1. The lowest BCUT2D eigenvalue weighted by molar-refractivity contribution is -0.117. The maximum absolute atomic E-state index is 12.4. The van der Waals surface area contributed by atoms with Crippen molar-refractivity contribution in [3.63, 3.8) is 0 Å². The topological polar surface area (TPSA) is 65.5 Å². The third kappa shape index (κ3) is 2.73. The number of anilines is 2. The molecule has 0 bridgehead atoms. The van der Waals surface area contributed by atoms with E-state index in [0.717, 1.165) is 11.3 Å². The molecule has 0 unspecified atom stereocenters. The summed E-state index contributed by atoms with van der Waals surface area (Å²) in [6.07, 6.45) is 4.01. The smallest absolute Gasteiger partial charge is 0.224 e. The van der Waals surface area contributed by atoms with E-state index < -0.39 is 0 Å². The highest BCUT2D eigenvalue weighted by Gasteiger charge is 2.47. The zero-order chi connectivity index (χ0) is 17.6. The maximum atomic E-state index is 12.4. The fourth-order valence-corrected chi connectivity index (χ4v) is 4.17. The first-order valence-electron chi connectivity index (χ1n) is 8.87. The van der Waals surface area contributed by atoms with E-state index in [4.69, 9.17) is 0 Å². The van der Waals surface area contributed by atoms with E-state index in [1.807, 2.05) is 23.1 Å². The van der Waals surface area contributed by atoms with Crippen LogP contribution >= 0.6 is 0 Å². The summed E-state index contributed by atoms with van der Waals surface area (Å²) in [6, 6.07) is 11.6. The van der Waals surface area contributed by atoms with Gasteiger partial charge in [-0.3, -0.25) is 4.79 Å². The van der Waals surface area contributed by atoms with Gasteiger partial charge in [0.25, 0.3) is 0 Å². The molecule has 5 nitrogen and oxygen atoms in total. The molecule has 25 heavy (non-hydrogen) atoms. The van der Waals surface area contributed by atoms with Crippen molar-refractivity contribution in [2.24, 2.45) is 11.8 Å². The van der Waals surface area contributed by atoms with Crippen LogP contribution in [0.1, 0.15) is 38.3 Å². The molecule has 1 aliphatic carbocycles. The number of carbonyl (C=O) groups is 1. The SMILES string of the molecule is CC(=O)N1c2ccccc2[C@H](Nc2ncccc2O)[C@@H](C)[C@@H]1C1CC1. The van der Waals surface area contributed by atoms with Crippen molar-refractivity contribution in [1.82, 2.24) is 4.98 Å². The number of hydrogen-bond acceptors (Lipinski definition) is 4. The van der Waals surface area contributed by atoms with Crippen LogP contribution in [-0.2, 0) is 4.79 Å². The summed E-state index contributed by atoms with van der Waals surface area (Å²) < 4.78 is 0. The van der Waals surface area contributed by atoms with Crippen LogP contribution in [0.3, 0.4) is 0 Å². The molecule has 1 aliphatic heterocycles. The van der Waals surface area contributed by atoms with Crippen LogP contribution in [-0.4, -0.2) is 22.0 Å². The fourth-order valence-electron chi connectivity index (χ4n) is 4.17. The van der Waals surface area contributed by atoms with E-state index in [2.05, 4.69) is 23.3 Å². The summed E-state index contributed by atoms with van der Waals surface area (Å²) in [5.74, 6) is 1.49. The summed E-state index contributed by atoms with van der Waals surface area (Å²) in [5.41, 5.74) is 2.05. The second-order valence-electron chi connectivity index (χ2n) is 7.13. The van der Waals surface area contributed by atoms with Crippen molar-refractivity contribution < 1.29 is 9.90 Å². The van der Waals surface area contributed by atoms with E-state index in [0.29, 0.717) is 11.7 Å². The van der Waals surface area contributed by atoms with E-state index >= 15 is 0 Å². The Morgan fingerprint density at radius 1 is 1.24 bits per heavy atom. The van der Waals surface area contributed by atoms with E-state index in [9.17, 15) is 9.90 Å². The van der Waals surface area contributed by atoms with Gasteiger partial charge in [0.2, 0.25) is 5.91 Å². The highest BCUT2D eigenvalue weighted by Crippen LogP contribution is 2.50. The number of fused-ring (bicyclic) bond motifs is 1. The molecule has 2 aromatic rings. The van der Waals surface area contributed by atoms with Crippen LogP contribution < -0.4 is 10.2 Å². The highest BCUT2D eigenvalue weighted by atomic mass is 16.3. The Morgan fingerprint density at radius 3 is 2.68 bits per heavy atom. The van der Waals surface area contributed by atoms with E-state index in [-0.39, 0.29) is 29.7 Å². The highest BCUT2D eigenvalue weighted by molar-refractivity contribution is 5.94. The van der Waals surface area contributed by atoms with Gasteiger partial charge in [0, 0.05) is 30.8 Å². The Balaban J connectivity index is 1.79. The molecular formula is C20H23N3O2. The van der Waals surface area contributed by atoms with Crippen LogP contribution in [0.2, 0.25) is 0 Å². The number of hydrogen-bond donors (Lipinski definition) is 2. The first-order chi connectivity index (χ1) is 12.1. The molecule has 2 N–H and O–H groups in total. The molecule has 1 aromatic carbocycles. The minimum Gasteiger partial charge on any atom is -0.504 e. The number of pyridine rings is 1. The van der Waals surface area contributed by atoms with Crippen molar-refractivity contribution >= 4 is 17.4 Å². The normalized spacial score (nSPS) is 25.4. The third-order valence-corrected chi connectivity index (χ3v) is 5.42. The van der Waals surface area contributed by atoms with Crippen molar-refractivity contribution in [1.29, 1.82) is 0 Å². The van der Waals surface area contributed by atoms with Gasteiger partial charge in [-0.15, -0.1) is 0 Å². The minimum absolute atomic E-state index is 0.00167. The molecule has 2 heterocycles. The van der Waals surface area contributed by atoms with Gasteiger partial charge in [-0.2, -0.15) is 0 Å². The first kappa shape index (κ1) is 15.9. The fraction of sp³-hybridized carbons (Fsp3) is 0.400. The van der Waals surface area contributed by atoms with Crippen LogP contribution in [0.25, 0.3) is 0 Å². The molecule has 4 rings (SSSR count). The lowest BCUT2D eigenvalue weighted by Crippen LogP contribution is -2.51. The Morgan fingerprint density at radius 2 is 2.00 bits per heavy atom. The van der Waals surface area contributed by atoms with Crippen molar-refractivity contribution in [3.05, 3.63) is 48.2 Å². The number of amides is 1. The van der Waals surface area contributed by atoms with Crippen LogP contribution in [0.5, 0.6) is 5.75 Å².